The van der Waals surface area contributed by atoms with Crippen molar-refractivity contribution in [3.8, 4) is 0 Å². The van der Waals surface area contributed by atoms with E-state index in [4.69, 9.17) is 9.84 Å². The second-order valence-corrected chi connectivity index (χ2v) is 4.51. The van der Waals surface area contributed by atoms with Crippen LogP contribution in [-0.4, -0.2) is 40.6 Å². The van der Waals surface area contributed by atoms with E-state index in [1.54, 1.807) is 0 Å². The van der Waals surface area contributed by atoms with E-state index >= 15 is 0 Å². The Morgan fingerprint density at radius 2 is 1.81 bits per heavy atom. The number of carbonyl (C=O) groups excluding carboxylic acids is 2. The monoisotopic (exact) mass is 292 g/mol. The maximum atomic E-state index is 12.0. The summed E-state index contributed by atoms with van der Waals surface area (Å²) in [6, 6.07) is 5.72. The molecule has 0 amide bonds. The van der Waals surface area contributed by atoms with E-state index in [0.717, 1.165) is 0 Å². The minimum Gasteiger partial charge on any atom is -0.478 e. The normalized spacial score (nSPS) is 11.5. The zero-order chi connectivity index (χ0) is 16.0. The molecule has 1 aromatic rings. The van der Waals surface area contributed by atoms with Crippen LogP contribution in [0.4, 0.5) is 0 Å². The van der Waals surface area contributed by atoms with Crippen molar-refractivity contribution in [1.29, 1.82) is 0 Å². The number of aliphatic hydroxyl groups excluding tert-OH is 1. The zero-order valence-corrected chi connectivity index (χ0v) is 11.5. The van der Waals surface area contributed by atoms with Crippen molar-refractivity contribution in [2.24, 2.45) is 0 Å². The average Bonchev–Trinajstić information content (AvgIpc) is 2.44. The Kier molecular flexibility index (Phi) is 5.80. The van der Waals surface area contributed by atoms with Crippen LogP contribution < -0.4 is 0 Å². The summed E-state index contributed by atoms with van der Waals surface area (Å²) in [5.41, 5.74) is 0.0636. The SMILES string of the molecule is C=C(C)C(=O)OCC(O)CC(=O)c1ccccc1C(=O)O. The first kappa shape index (κ1) is 16.6. The third kappa shape index (κ3) is 4.85. The summed E-state index contributed by atoms with van der Waals surface area (Å²) in [6.07, 6.45) is -1.55. The van der Waals surface area contributed by atoms with Crippen molar-refractivity contribution in [1.82, 2.24) is 0 Å². The lowest BCUT2D eigenvalue weighted by Crippen LogP contribution is -2.23. The number of carboxylic acid groups (broad SMARTS) is 1. The van der Waals surface area contributed by atoms with E-state index in [1.807, 2.05) is 0 Å². The lowest BCUT2D eigenvalue weighted by Gasteiger charge is -2.11. The van der Waals surface area contributed by atoms with Gasteiger partial charge in [-0.2, -0.15) is 0 Å². The highest BCUT2D eigenvalue weighted by Gasteiger charge is 2.19. The topological polar surface area (TPSA) is 101 Å². The second kappa shape index (κ2) is 7.35. The minimum atomic E-state index is -1.22. The van der Waals surface area contributed by atoms with Gasteiger partial charge in [0.15, 0.2) is 5.78 Å². The Hall–Kier alpha value is -2.47. The van der Waals surface area contributed by atoms with Crippen molar-refractivity contribution >= 4 is 17.7 Å². The molecule has 0 aliphatic heterocycles. The van der Waals surface area contributed by atoms with Gasteiger partial charge in [0.05, 0.1) is 11.7 Å². The van der Waals surface area contributed by atoms with Crippen molar-refractivity contribution in [2.75, 3.05) is 6.61 Å². The molecule has 2 N–H and O–H groups in total. The molecule has 1 atom stereocenters. The molecule has 0 radical (unpaired) electrons. The van der Waals surface area contributed by atoms with E-state index in [1.165, 1.54) is 31.2 Å². The maximum absolute atomic E-state index is 12.0. The second-order valence-electron chi connectivity index (χ2n) is 4.51. The summed E-state index contributed by atoms with van der Waals surface area (Å²) in [5.74, 6) is -2.42. The molecule has 0 spiro atoms. The number of rotatable bonds is 7. The van der Waals surface area contributed by atoms with E-state index in [2.05, 4.69) is 6.58 Å². The number of esters is 1. The molecule has 0 heterocycles. The molecule has 0 aliphatic rings. The molecule has 0 fully saturated rings. The molecule has 6 heteroatoms. The van der Waals surface area contributed by atoms with Gasteiger partial charge >= 0.3 is 11.9 Å². The minimum absolute atomic E-state index is 0.00952. The Balaban J connectivity index is 2.67. The Morgan fingerprint density at radius 3 is 2.33 bits per heavy atom. The molecule has 0 saturated carbocycles. The van der Waals surface area contributed by atoms with Crippen LogP contribution in [0.5, 0.6) is 0 Å². The number of carbonyl (C=O) groups is 3. The van der Waals surface area contributed by atoms with Crippen molar-refractivity contribution < 1.29 is 29.3 Å². The largest absolute Gasteiger partial charge is 0.478 e. The molecule has 6 nitrogen and oxygen atoms in total. The smallest absolute Gasteiger partial charge is 0.336 e. The van der Waals surface area contributed by atoms with Crippen LogP contribution in [0, 0.1) is 0 Å². The average molecular weight is 292 g/mol. The third-order valence-electron chi connectivity index (χ3n) is 2.63. The molecule has 0 aromatic heterocycles. The molecule has 1 unspecified atom stereocenters. The van der Waals surface area contributed by atoms with Gasteiger partial charge in [0.25, 0.3) is 0 Å². The van der Waals surface area contributed by atoms with Gasteiger partial charge in [-0.1, -0.05) is 24.8 Å². The lowest BCUT2D eigenvalue weighted by atomic mass is 10.00. The highest BCUT2D eigenvalue weighted by Crippen LogP contribution is 2.13. The van der Waals surface area contributed by atoms with Crippen LogP contribution in [0.3, 0.4) is 0 Å². The molecule has 112 valence electrons. The zero-order valence-electron chi connectivity index (χ0n) is 11.5. The lowest BCUT2D eigenvalue weighted by molar-refractivity contribution is -0.141. The molecular weight excluding hydrogens is 276 g/mol. The van der Waals surface area contributed by atoms with Gasteiger partial charge in [0.2, 0.25) is 0 Å². The number of aliphatic hydroxyl groups is 1. The summed E-state index contributed by atoms with van der Waals surface area (Å²) in [7, 11) is 0. The number of carboxylic acids is 1. The van der Waals surface area contributed by atoms with Crippen LogP contribution in [0.15, 0.2) is 36.4 Å². The van der Waals surface area contributed by atoms with E-state index < -0.39 is 23.8 Å². The first-order valence-electron chi connectivity index (χ1n) is 6.19. The molecule has 1 rings (SSSR count). The predicted octanol–water partition coefficient (Wildman–Crippen LogP) is 1.44. The number of ketones is 1. The van der Waals surface area contributed by atoms with E-state index in [0.29, 0.717) is 0 Å². The molecule has 0 saturated heterocycles. The maximum Gasteiger partial charge on any atom is 0.336 e. The first-order chi connectivity index (χ1) is 9.82. The van der Waals surface area contributed by atoms with Crippen LogP contribution in [0.25, 0.3) is 0 Å². The Morgan fingerprint density at radius 1 is 1.24 bits per heavy atom. The summed E-state index contributed by atoms with van der Waals surface area (Å²) < 4.78 is 4.72. The number of Topliss-reactive ketones (excluding diaryl/α,β-unsaturated/α-hetero) is 1. The van der Waals surface area contributed by atoms with Crippen LogP contribution in [0.2, 0.25) is 0 Å². The van der Waals surface area contributed by atoms with Gasteiger partial charge in [0.1, 0.15) is 6.61 Å². The Labute approximate surface area is 121 Å². The number of benzene rings is 1. The number of aromatic carboxylic acids is 1. The summed E-state index contributed by atoms with van der Waals surface area (Å²) in [4.78, 5) is 34.1. The molecule has 21 heavy (non-hydrogen) atoms. The molecular formula is C15H16O6. The van der Waals surface area contributed by atoms with Gasteiger partial charge in [-0.05, 0) is 13.0 Å². The van der Waals surface area contributed by atoms with Gasteiger partial charge in [-0.25, -0.2) is 9.59 Å². The van der Waals surface area contributed by atoms with Crippen molar-refractivity contribution in [3.63, 3.8) is 0 Å². The number of ether oxygens (including phenoxy) is 1. The summed E-state index contributed by atoms with van der Waals surface area (Å²) in [6.45, 7) is 4.49. The number of hydrogen-bond donors (Lipinski definition) is 2. The fourth-order valence-electron chi connectivity index (χ4n) is 1.59. The molecule has 0 aliphatic carbocycles. The standard InChI is InChI=1S/C15H16O6/c1-9(2)15(20)21-8-10(16)7-13(17)11-5-3-4-6-12(11)14(18)19/h3-6,10,16H,1,7-8H2,2H3,(H,18,19). The Bertz CT molecular complexity index is 575. The first-order valence-corrected chi connectivity index (χ1v) is 6.19. The third-order valence-corrected chi connectivity index (χ3v) is 2.63. The predicted molar refractivity (Wildman–Crippen MR) is 74.1 cm³/mol. The summed E-state index contributed by atoms with van der Waals surface area (Å²) >= 11 is 0. The highest BCUT2D eigenvalue weighted by atomic mass is 16.5. The fraction of sp³-hybridized carbons (Fsp3) is 0.267. The fourth-order valence-corrected chi connectivity index (χ4v) is 1.59. The van der Waals surface area contributed by atoms with Gasteiger partial charge < -0.3 is 14.9 Å². The van der Waals surface area contributed by atoms with Crippen LogP contribution in [-0.2, 0) is 9.53 Å². The molecule has 0 bridgehead atoms. The molecule has 1 aromatic carbocycles. The summed E-state index contributed by atoms with van der Waals surface area (Å²) in [5, 5.41) is 18.7. The van der Waals surface area contributed by atoms with Gasteiger partial charge in [-0.3, -0.25) is 4.79 Å². The quantitative estimate of drug-likeness (QED) is 0.448. The van der Waals surface area contributed by atoms with Crippen molar-refractivity contribution in [3.05, 3.63) is 47.5 Å². The van der Waals surface area contributed by atoms with E-state index in [9.17, 15) is 19.5 Å². The number of hydrogen-bond acceptors (Lipinski definition) is 5. The van der Waals surface area contributed by atoms with E-state index in [-0.39, 0.29) is 29.7 Å². The van der Waals surface area contributed by atoms with Crippen LogP contribution >= 0.6 is 0 Å². The highest BCUT2D eigenvalue weighted by molar-refractivity contribution is 6.05. The van der Waals surface area contributed by atoms with Crippen molar-refractivity contribution in [2.45, 2.75) is 19.4 Å². The van der Waals surface area contributed by atoms with Gasteiger partial charge in [-0.15, -0.1) is 0 Å². The van der Waals surface area contributed by atoms with Gasteiger partial charge in [0, 0.05) is 17.6 Å². The van der Waals surface area contributed by atoms with Crippen LogP contribution in [0.1, 0.15) is 34.1 Å².